The van der Waals surface area contributed by atoms with E-state index in [0.29, 0.717) is 40.4 Å². The molecule has 1 N–H and O–H groups in total. The molecule has 1 spiro atoms. The van der Waals surface area contributed by atoms with Crippen LogP contribution >= 0.6 is 0 Å². The van der Waals surface area contributed by atoms with Crippen molar-refractivity contribution in [2.75, 3.05) is 0 Å². The number of ether oxygens (including phenoxy) is 1. The van der Waals surface area contributed by atoms with Crippen LogP contribution in [0.1, 0.15) is 99.8 Å². The lowest BCUT2D eigenvalue weighted by Gasteiger charge is -2.74. The van der Waals surface area contributed by atoms with E-state index in [1.54, 1.807) is 0 Å². The van der Waals surface area contributed by atoms with E-state index in [0.717, 1.165) is 19.3 Å². The van der Waals surface area contributed by atoms with Gasteiger partial charge in [-0.1, -0.05) is 47.6 Å². The van der Waals surface area contributed by atoms with E-state index >= 15 is 0 Å². The van der Waals surface area contributed by atoms with Gasteiger partial charge in [-0.15, -0.1) is 0 Å². The van der Waals surface area contributed by atoms with Crippen LogP contribution in [-0.4, -0.2) is 22.8 Å². The molecule has 5 fully saturated rings. The van der Waals surface area contributed by atoms with Crippen LogP contribution < -0.4 is 0 Å². The Morgan fingerprint density at radius 2 is 1.58 bits per heavy atom. The fourth-order valence-electron chi connectivity index (χ4n) is 11.5. The Balaban J connectivity index is 1.42. The van der Waals surface area contributed by atoms with Gasteiger partial charge >= 0.3 is 5.97 Å². The molecular formula is C30H46O3. The number of fused-ring (bicyclic) bond motifs is 6. The van der Waals surface area contributed by atoms with Gasteiger partial charge in [0.25, 0.3) is 0 Å². The first-order valence-corrected chi connectivity index (χ1v) is 13.9. The zero-order chi connectivity index (χ0) is 23.8. The quantitative estimate of drug-likeness (QED) is 0.334. The van der Waals surface area contributed by atoms with Crippen LogP contribution in [0.15, 0.2) is 12.2 Å². The fraction of sp³-hybridized carbons (Fsp3) is 0.900. The number of aliphatic hydroxyl groups excluding tert-OH is 1. The lowest BCUT2D eigenvalue weighted by atomic mass is 9.31. The van der Waals surface area contributed by atoms with Crippen LogP contribution in [0.25, 0.3) is 0 Å². The van der Waals surface area contributed by atoms with Gasteiger partial charge in [0.2, 0.25) is 0 Å². The SMILES string of the molecule is C[C@@H]1[C@H]2[C@H]3CC[C@@H]4[C@@]5(C)CC[C@H](O)C(C)(C)[C@@H]5CC[C@@]4(C)[C@]3(C)CC[C@@]23C=C[C@]1(C)OC3=O. The summed E-state index contributed by atoms with van der Waals surface area (Å²) in [6, 6.07) is 0. The number of carbonyl (C=O) groups is 1. The summed E-state index contributed by atoms with van der Waals surface area (Å²) in [4.78, 5) is 13.3. The van der Waals surface area contributed by atoms with Crippen LogP contribution in [0.3, 0.4) is 0 Å². The Morgan fingerprint density at radius 1 is 0.848 bits per heavy atom. The summed E-state index contributed by atoms with van der Waals surface area (Å²) in [5, 5.41) is 10.9. The lowest BCUT2D eigenvalue weighted by Crippen LogP contribution is -2.70. The molecule has 7 aliphatic rings. The molecule has 4 saturated carbocycles. The van der Waals surface area contributed by atoms with Crippen LogP contribution in [0.2, 0.25) is 0 Å². The normalized spacial score (nSPS) is 60.8. The Labute approximate surface area is 201 Å². The molecule has 184 valence electrons. The van der Waals surface area contributed by atoms with Crippen LogP contribution in [0.4, 0.5) is 0 Å². The first kappa shape index (κ1) is 22.6. The average molecular weight is 455 g/mol. The van der Waals surface area contributed by atoms with Gasteiger partial charge in [0, 0.05) is 5.92 Å². The molecule has 3 nitrogen and oxygen atoms in total. The van der Waals surface area contributed by atoms with E-state index in [2.05, 4.69) is 60.6 Å². The van der Waals surface area contributed by atoms with Crippen molar-refractivity contribution in [2.24, 2.45) is 56.7 Å². The number of hydrogen-bond acceptors (Lipinski definition) is 3. The zero-order valence-electron chi connectivity index (χ0n) is 22.0. The van der Waals surface area contributed by atoms with Crippen molar-refractivity contribution in [3.8, 4) is 0 Å². The van der Waals surface area contributed by atoms with E-state index in [1.165, 1.54) is 32.1 Å². The lowest BCUT2D eigenvalue weighted by molar-refractivity contribution is -0.267. The monoisotopic (exact) mass is 454 g/mol. The molecule has 0 unspecified atom stereocenters. The molecule has 5 aliphatic carbocycles. The Kier molecular flexibility index (Phi) is 4.31. The molecule has 33 heavy (non-hydrogen) atoms. The summed E-state index contributed by atoms with van der Waals surface area (Å²) >= 11 is 0. The van der Waals surface area contributed by atoms with Crippen molar-refractivity contribution in [3.05, 3.63) is 12.2 Å². The molecule has 0 aromatic rings. The Bertz CT molecular complexity index is 922. The van der Waals surface area contributed by atoms with E-state index < -0.39 is 5.60 Å². The maximum Gasteiger partial charge on any atom is 0.317 e. The van der Waals surface area contributed by atoms with Gasteiger partial charge < -0.3 is 9.84 Å². The van der Waals surface area contributed by atoms with E-state index in [-0.39, 0.29) is 28.3 Å². The topological polar surface area (TPSA) is 46.5 Å². The minimum atomic E-state index is -0.438. The van der Waals surface area contributed by atoms with E-state index in [4.69, 9.17) is 4.74 Å². The number of rotatable bonds is 0. The maximum atomic E-state index is 13.3. The van der Waals surface area contributed by atoms with Crippen molar-refractivity contribution in [2.45, 2.75) is 112 Å². The van der Waals surface area contributed by atoms with Gasteiger partial charge in [0.15, 0.2) is 0 Å². The second kappa shape index (κ2) is 6.29. The third kappa shape index (κ3) is 2.35. The summed E-state index contributed by atoms with van der Waals surface area (Å²) in [6.07, 6.45) is 13.6. The number of hydrogen-bond donors (Lipinski definition) is 1. The predicted octanol–water partition coefficient (Wildman–Crippen LogP) is 6.54. The van der Waals surface area contributed by atoms with Gasteiger partial charge in [-0.05, 0) is 110 Å². The molecule has 7 rings (SSSR count). The molecule has 0 radical (unpaired) electrons. The highest BCUT2D eigenvalue weighted by molar-refractivity contribution is 5.83. The molecule has 2 bridgehead atoms. The van der Waals surface area contributed by atoms with Crippen LogP contribution in [0.5, 0.6) is 0 Å². The van der Waals surface area contributed by atoms with Gasteiger partial charge in [0.05, 0.1) is 11.5 Å². The molecule has 11 atom stereocenters. The predicted molar refractivity (Wildman–Crippen MR) is 130 cm³/mol. The second-order valence-electron chi connectivity index (χ2n) is 14.8. The molecule has 2 aliphatic heterocycles. The van der Waals surface area contributed by atoms with Crippen molar-refractivity contribution < 1.29 is 14.6 Å². The Hall–Kier alpha value is -0.830. The molecule has 1 saturated heterocycles. The standard InChI is InChI=1S/C30H46O3/c1-18-23-19-8-9-21-26(4)12-11-22(31)25(2,3)20(26)10-13-28(21,6)27(19,5)14-16-30(23)17-15-29(18,7)33-24(30)32/h15,17-23,31H,8-14,16H2,1-7H3/t18-,19-,20+,21-,22+,23+,26+,27-,28-,29+,30-/m1/s1. The smallest absolute Gasteiger partial charge is 0.317 e. The van der Waals surface area contributed by atoms with Crippen molar-refractivity contribution in [3.63, 3.8) is 0 Å². The number of aliphatic hydroxyl groups is 1. The summed E-state index contributed by atoms with van der Waals surface area (Å²) in [6.45, 7) is 17.0. The van der Waals surface area contributed by atoms with Crippen molar-refractivity contribution >= 4 is 5.97 Å². The largest absolute Gasteiger partial charge is 0.454 e. The first-order chi connectivity index (χ1) is 15.3. The average Bonchev–Trinajstić information content (AvgIpc) is 2.73. The van der Waals surface area contributed by atoms with Crippen molar-refractivity contribution in [1.82, 2.24) is 0 Å². The molecular weight excluding hydrogens is 408 g/mol. The van der Waals surface area contributed by atoms with Crippen molar-refractivity contribution in [1.29, 1.82) is 0 Å². The third-order valence-electron chi connectivity index (χ3n) is 13.8. The highest BCUT2D eigenvalue weighted by Crippen LogP contribution is 2.77. The van der Waals surface area contributed by atoms with Gasteiger partial charge in [-0.2, -0.15) is 0 Å². The minimum Gasteiger partial charge on any atom is -0.454 e. The highest BCUT2D eigenvalue weighted by Gasteiger charge is 2.73. The minimum absolute atomic E-state index is 0.00286. The summed E-state index contributed by atoms with van der Waals surface area (Å²) in [5.74, 6) is 2.73. The third-order valence-corrected chi connectivity index (χ3v) is 13.8. The zero-order valence-corrected chi connectivity index (χ0v) is 22.0. The van der Waals surface area contributed by atoms with E-state index in [9.17, 15) is 9.90 Å². The van der Waals surface area contributed by atoms with Gasteiger partial charge in [-0.25, -0.2) is 0 Å². The second-order valence-corrected chi connectivity index (χ2v) is 14.8. The molecule has 2 heterocycles. The first-order valence-electron chi connectivity index (χ1n) is 13.9. The maximum absolute atomic E-state index is 13.3. The molecule has 0 amide bonds. The fourth-order valence-corrected chi connectivity index (χ4v) is 11.5. The summed E-state index contributed by atoms with van der Waals surface area (Å²) in [7, 11) is 0. The Morgan fingerprint density at radius 3 is 2.27 bits per heavy atom. The number of esters is 1. The van der Waals surface area contributed by atoms with Crippen LogP contribution in [0, 0.1) is 56.7 Å². The van der Waals surface area contributed by atoms with E-state index in [1.807, 2.05) is 0 Å². The van der Waals surface area contributed by atoms with Crippen LogP contribution in [-0.2, 0) is 9.53 Å². The number of carbonyl (C=O) groups excluding carboxylic acids is 1. The molecule has 0 aromatic heterocycles. The summed E-state index contributed by atoms with van der Waals surface area (Å²) in [5.41, 5.74) is 0.0430. The highest BCUT2D eigenvalue weighted by atomic mass is 16.6. The van der Waals surface area contributed by atoms with Gasteiger partial charge in [-0.3, -0.25) is 4.79 Å². The molecule has 0 aromatic carbocycles. The summed E-state index contributed by atoms with van der Waals surface area (Å²) < 4.78 is 6.06. The van der Waals surface area contributed by atoms with Gasteiger partial charge in [0.1, 0.15) is 5.60 Å². The molecule has 3 heteroatoms.